The Morgan fingerprint density at radius 2 is 2.08 bits per heavy atom. The van der Waals surface area contributed by atoms with Crippen molar-refractivity contribution < 1.29 is 9.53 Å². The molecule has 138 valence electrons. The lowest BCUT2D eigenvalue weighted by molar-refractivity contribution is 0.0601. The van der Waals surface area contributed by atoms with E-state index in [4.69, 9.17) is 4.74 Å². The van der Waals surface area contributed by atoms with Crippen LogP contribution in [0, 0.1) is 0 Å². The maximum Gasteiger partial charge on any atom is 0.274 e. The van der Waals surface area contributed by atoms with E-state index in [0.29, 0.717) is 24.2 Å². The number of hydrogen-bond acceptors (Lipinski definition) is 5. The number of likely N-dealkylation sites (tertiary alicyclic amines) is 1. The zero-order valence-corrected chi connectivity index (χ0v) is 15.4. The van der Waals surface area contributed by atoms with Crippen molar-refractivity contribution in [1.82, 2.24) is 14.9 Å². The summed E-state index contributed by atoms with van der Waals surface area (Å²) in [5.41, 5.74) is 1.22. The number of nitrogens with zero attached hydrogens (tertiary/aromatic N) is 3. The monoisotopic (exact) mass is 354 g/mol. The van der Waals surface area contributed by atoms with Crippen molar-refractivity contribution in [3.8, 4) is 5.75 Å². The summed E-state index contributed by atoms with van der Waals surface area (Å²) >= 11 is 0. The van der Waals surface area contributed by atoms with Crippen LogP contribution < -0.4 is 10.1 Å². The lowest BCUT2D eigenvalue weighted by Crippen LogP contribution is -2.43. The van der Waals surface area contributed by atoms with Gasteiger partial charge in [-0.3, -0.25) is 4.79 Å². The molecule has 1 aliphatic heterocycles. The summed E-state index contributed by atoms with van der Waals surface area (Å²) in [5, 5.41) is 3.20. The van der Waals surface area contributed by atoms with Gasteiger partial charge in [-0.25, -0.2) is 9.97 Å². The molecule has 26 heavy (non-hydrogen) atoms. The smallest absolute Gasteiger partial charge is 0.274 e. The van der Waals surface area contributed by atoms with Crippen LogP contribution in [-0.2, 0) is 0 Å². The molecule has 1 unspecified atom stereocenters. The first-order valence-corrected chi connectivity index (χ1v) is 9.34. The van der Waals surface area contributed by atoms with Crippen LogP contribution in [0.4, 0.5) is 11.5 Å². The van der Waals surface area contributed by atoms with Crippen LogP contribution in [-0.4, -0.2) is 40.0 Å². The van der Waals surface area contributed by atoms with E-state index in [1.165, 1.54) is 6.42 Å². The molecule has 1 fully saturated rings. The number of ether oxygens (including phenoxy) is 1. The van der Waals surface area contributed by atoms with E-state index in [1.54, 1.807) is 12.4 Å². The molecule has 1 aromatic carbocycles. The molecule has 0 saturated carbocycles. The lowest BCUT2D eigenvalue weighted by Gasteiger charge is -2.34. The largest absolute Gasteiger partial charge is 0.492 e. The van der Waals surface area contributed by atoms with E-state index >= 15 is 0 Å². The van der Waals surface area contributed by atoms with Gasteiger partial charge >= 0.3 is 0 Å². The van der Waals surface area contributed by atoms with E-state index in [2.05, 4.69) is 22.2 Å². The SMILES string of the molecule is CCOc1ccccc1Nc1cnc(C(=O)N2CCCCC2CC)cn1. The number of aromatic nitrogens is 2. The van der Waals surface area contributed by atoms with Gasteiger partial charge in [0.25, 0.3) is 5.91 Å². The zero-order valence-electron chi connectivity index (χ0n) is 15.4. The van der Waals surface area contributed by atoms with Crippen LogP contribution in [0.1, 0.15) is 50.0 Å². The van der Waals surface area contributed by atoms with Crippen molar-refractivity contribution in [3.63, 3.8) is 0 Å². The second-order valence-electron chi connectivity index (χ2n) is 6.40. The first-order chi connectivity index (χ1) is 12.7. The van der Waals surface area contributed by atoms with Gasteiger partial charge < -0.3 is 15.0 Å². The fraction of sp³-hybridized carbons (Fsp3) is 0.450. The molecular weight excluding hydrogens is 328 g/mol. The molecule has 2 aromatic rings. The van der Waals surface area contributed by atoms with E-state index in [9.17, 15) is 4.79 Å². The summed E-state index contributed by atoms with van der Waals surface area (Å²) in [4.78, 5) is 23.4. The number of para-hydroxylation sites is 2. The molecule has 0 radical (unpaired) electrons. The molecule has 1 atom stereocenters. The summed E-state index contributed by atoms with van der Waals surface area (Å²) < 4.78 is 5.60. The molecule has 6 nitrogen and oxygen atoms in total. The van der Waals surface area contributed by atoms with Crippen molar-refractivity contribution in [2.75, 3.05) is 18.5 Å². The second kappa shape index (κ2) is 8.65. The number of nitrogens with one attached hydrogen (secondary N) is 1. The standard InChI is InChI=1S/C20H26N4O2/c1-3-15-9-7-8-12-24(15)20(25)17-13-22-19(14-21-17)23-16-10-5-6-11-18(16)26-4-2/h5-6,10-11,13-15H,3-4,7-9,12H2,1-2H3,(H,22,23). The Kier molecular flexibility index (Phi) is 6.04. The third-order valence-corrected chi connectivity index (χ3v) is 4.68. The Labute approximate surface area is 154 Å². The van der Waals surface area contributed by atoms with Crippen LogP contribution >= 0.6 is 0 Å². The van der Waals surface area contributed by atoms with Gasteiger partial charge in [-0.15, -0.1) is 0 Å². The van der Waals surface area contributed by atoms with Crippen molar-refractivity contribution in [2.45, 2.75) is 45.6 Å². The Morgan fingerprint density at radius 1 is 1.23 bits per heavy atom. The number of amides is 1. The first kappa shape index (κ1) is 18.2. The van der Waals surface area contributed by atoms with Gasteiger partial charge in [0.05, 0.1) is 24.7 Å². The molecule has 1 aliphatic rings. The summed E-state index contributed by atoms with van der Waals surface area (Å²) in [6.07, 6.45) is 7.45. The summed E-state index contributed by atoms with van der Waals surface area (Å²) in [6, 6.07) is 7.99. The normalized spacial score (nSPS) is 17.0. The van der Waals surface area contributed by atoms with E-state index in [-0.39, 0.29) is 5.91 Å². The average molecular weight is 354 g/mol. The zero-order chi connectivity index (χ0) is 18.4. The van der Waals surface area contributed by atoms with Crippen molar-refractivity contribution in [3.05, 3.63) is 42.4 Å². The number of carbonyl (C=O) groups excluding carboxylic acids is 1. The molecule has 0 aliphatic carbocycles. The lowest BCUT2D eigenvalue weighted by atomic mass is 10.00. The van der Waals surface area contributed by atoms with E-state index in [1.807, 2.05) is 36.1 Å². The highest BCUT2D eigenvalue weighted by Crippen LogP contribution is 2.26. The topological polar surface area (TPSA) is 67.3 Å². The van der Waals surface area contributed by atoms with Crippen LogP contribution in [0.25, 0.3) is 0 Å². The highest BCUT2D eigenvalue weighted by Gasteiger charge is 2.27. The van der Waals surface area contributed by atoms with Gasteiger partial charge in [0.2, 0.25) is 0 Å². The third kappa shape index (κ3) is 4.12. The third-order valence-electron chi connectivity index (χ3n) is 4.68. The van der Waals surface area contributed by atoms with Gasteiger partial charge in [-0.05, 0) is 44.7 Å². The predicted molar refractivity (Wildman–Crippen MR) is 102 cm³/mol. The fourth-order valence-corrected chi connectivity index (χ4v) is 3.33. The number of hydrogen-bond donors (Lipinski definition) is 1. The maximum absolute atomic E-state index is 12.8. The summed E-state index contributed by atoms with van der Waals surface area (Å²) in [5.74, 6) is 1.32. The summed E-state index contributed by atoms with van der Waals surface area (Å²) in [6.45, 7) is 5.47. The van der Waals surface area contributed by atoms with Crippen molar-refractivity contribution in [2.24, 2.45) is 0 Å². The minimum atomic E-state index is -0.0229. The molecule has 1 saturated heterocycles. The minimum absolute atomic E-state index is 0.0229. The molecular formula is C20H26N4O2. The van der Waals surface area contributed by atoms with Gasteiger partial charge in [0.1, 0.15) is 17.3 Å². The highest BCUT2D eigenvalue weighted by atomic mass is 16.5. The number of benzene rings is 1. The minimum Gasteiger partial charge on any atom is -0.492 e. The number of rotatable bonds is 6. The molecule has 6 heteroatoms. The molecule has 0 spiro atoms. The second-order valence-corrected chi connectivity index (χ2v) is 6.40. The molecule has 1 aromatic heterocycles. The van der Waals surface area contributed by atoms with Crippen LogP contribution in [0.3, 0.4) is 0 Å². The summed E-state index contributed by atoms with van der Waals surface area (Å²) in [7, 11) is 0. The molecule has 1 amide bonds. The van der Waals surface area contributed by atoms with Crippen molar-refractivity contribution in [1.29, 1.82) is 0 Å². The number of carbonyl (C=O) groups is 1. The van der Waals surface area contributed by atoms with E-state index in [0.717, 1.165) is 37.2 Å². The van der Waals surface area contributed by atoms with Gasteiger partial charge in [-0.1, -0.05) is 19.1 Å². The Morgan fingerprint density at radius 3 is 2.81 bits per heavy atom. The fourth-order valence-electron chi connectivity index (χ4n) is 3.33. The molecule has 1 N–H and O–H groups in total. The molecule has 0 bridgehead atoms. The number of anilines is 2. The Hall–Kier alpha value is -2.63. The van der Waals surface area contributed by atoms with Gasteiger partial charge in [0, 0.05) is 12.6 Å². The quantitative estimate of drug-likeness (QED) is 0.848. The number of piperidine rings is 1. The first-order valence-electron chi connectivity index (χ1n) is 9.34. The van der Waals surface area contributed by atoms with Crippen molar-refractivity contribution >= 4 is 17.4 Å². The maximum atomic E-state index is 12.8. The highest BCUT2D eigenvalue weighted by molar-refractivity contribution is 5.92. The van der Waals surface area contributed by atoms with Crippen LogP contribution in [0.5, 0.6) is 5.75 Å². The van der Waals surface area contributed by atoms with Crippen LogP contribution in [0.15, 0.2) is 36.7 Å². The molecule has 3 rings (SSSR count). The van der Waals surface area contributed by atoms with Crippen LogP contribution in [0.2, 0.25) is 0 Å². The van der Waals surface area contributed by atoms with Gasteiger partial charge in [-0.2, -0.15) is 0 Å². The Bertz CT molecular complexity index is 733. The average Bonchev–Trinajstić information content (AvgIpc) is 2.69. The van der Waals surface area contributed by atoms with E-state index < -0.39 is 0 Å². The Balaban J connectivity index is 1.71. The molecule has 2 heterocycles. The van der Waals surface area contributed by atoms with Gasteiger partial charge in [0.15, 0.2) is 0 Å². The predicted octanol–water partition coefficient (Wildman–Crippen LogP) is 4.02.